The molecule has 1 amide bonds. The molecule has 0 heterocycles. The van der Waals surface area contributed by atoms with Crippen molar-refractivity contribution in [1.82, 2.24) is 5.32 Å². The molecular formula is C15H21N3O5. The Balaban J connectivity index is 2.86. The quantitative estimate of drug-likeness (QED) is 0.552. The van der Waals surface area contributed by atoms with Crippen LogP contribution in [0, 0.1) is 26.1 Å². The van der Waals surface area contributed by atoms with Gasteiger partial charge in [-0.1, -0.05) is 33.1 Å². The first-order valence-electron chi connectivity index (χ1n) is 7.61. The number of nitrogens with zero attached hydrogens (tertiary/aromatic N) is 2. The summed E-state index contributed by atoms with van der Waals surface area (Å²) in [6.07, 6.45) is 4.04. The molecule has 0 bridgehead atoms. The van der Waals surface area contributed by atoms with E-state index in [2.05, 4.69) is 12.2 Å². The third kappa shape index (κ3) is 5.65. The van der Waals surface area contributed by atoms with Crippen LogP contribution in [0.15, 0.2) is 18.2 Å². The van der Waals surface area contributed by atoms with Crippen LogP contribution in [0.2, 0.25) is 0 Å². The van der Waals surface area contributed by atoms with Gasteiger partial charge in [0.05, 0.1) is 21.5 Å². The number of hydrogen-bond acceptors (Lipinski definition) is 5. The molecule has 8 heteroatoms. The molecule has 0 spiro atoms. The Hall–Kier alpha value is -2.51. The molecule has 1 aromatic rings. The van der Waals surface area contributed by atoms with Crippen molar-refractivity contribution in [2.75, 3.05) is 6.54 Å². The van der Waals surface area contributed by atoms with E-state index in [-0.39, 0.29) is 5.56 Å². The minimum atomic E-state index is -0.750. The van der Waals surface area contributed by atoms with Crippen LogP contribution in [0.3, 0.4) is 0 Å². The number of nitro groups is 2. The summed E-state index contributed by atoms with van der Waals surface area (Å²) in [5, 5.41) is 24.4. The lowest BCUT2D eigenvalue weighted by Crippen LogP contribution is -2.29. The van der Waals surface area contributed by atoms with E-state index in [0.29, 0.717) is 12.5 Å². The Kier molecular flexibility index (Phi) is 7.11. The van der Waals surface area contributed by atoms with Crippen molar-refractivity contribution in [2.45, 2.75) is 39.5 Å². The highest BCUT2D eigenvalue weighted by Crippen LogP contribution is 2.22. The van der Waals surface area contributed by atoms with Crippen molar-refractivity contribution in [3.05, 3.63) is 44.0 Å². The fourth-order valence-corrected chi connectivity index (χ4v) is 2.22. The monoisotopic (exact) mass is 323 g/mol. The van der Waals surface area contributed by atoms with Crippen molar-refractivity contribution in [2.24, 2.45) is 5.92 Å². The van der Waals surface area contributed by atoms with Gasteiger partial charge >= 0.3 is 0 Å². The number of non-ortho nitro benzene ring substituents is 2. The van der Waals surface area contributed by atoms with Crippen LogP contribution in [0.1, 0.15) is 49.9 Å². The molecule has 0 aliphatic carbocycles. The number of benzene rings is 1. The topological polar surface area (TPSA) is 115 Å². The van der Waals surface area contributed by atoms with Crippen LogP contribution in [-0.2, 0) is 0 Å². The molecule has 8 nitrogen and oxygen atoms in total. The molecule has 0 aliphatic heterocycles. The second kappa shape index (κ2) is 8.82. The van der Waals surface area contributed by atoms with Gasteiger partial charge in [0.15, 0.2) is 0 Å². The lowest BCUT2D eigenvalue weighted by atomic mass is 9.99. The predicted molar refractivity (Wildman–Crippen MR) is 85.4 cm³/mol. The number of amides is 1. The fraction of sp³-hybridized carbons (Fsp3) is 0.533. The number of carbonyl (C=O) groups excluding carboxylic acids is 1. The van der Waals surface area contributed by atoms with E-state index in [4.69, 9.17) is 0 Å². The predicted octanol–water partition coefficient (Wildman–Crippen LogP) is 3.45. The smallest absolute Gasteiger partial charge is 0.277 e. The maximum absolute atomic E-state index is 12.1. The highest BCUT2D eigenvalue weighted by atomic mass is 16.6. The standard InChI is InChI=1S/C15H21N3O5/c1-3-5-6-11(4-2)10-16-15(19)12-7-13(17(20)21)9-14(8-12)18(22)23/h7-9,11H,3-6,10H2,1-2H3,(H,16,19). The summed E-state index contributed by atoms with van der Waals surface area (Å²) in [6.45, 7) is 4.57. The van der Waals surface area contributed by atoms with Crippen molar-refractivity contribution in [3.8, 4) is 0 Å². The van der Waals surface area contributed by atoms with Crippen molar-refractivity contribution >= 4 is 17.3 Å². The zero-order valence-corrected chi connectivity index (χ0v) is 13.3. The molecule has 1 aromatic carbocycles. The molecule has 0 aromatic heterocycles. The highest BCUT2D eigenvalue weighted by Gasteiger charge is 2.20. The Bertz CT molecular complexity index is 556. The van der Waals surface area contributed by atoms with Gasteiger partial charge in [0.1, 0.15) is 0 Å². The van der Waals surface area contributed by atoms with E-state index in [0.717, 1.165) is 43.9 Å². The molecular weight excluding hydrogens is 302 g/mol. The first kappa shape index (κ1) is 18.5. The van der Waals surface area contributed by atoms with Gasteiger partial charge in [-0.2, -0.15) is 0 Å². The van der Waals surface area contributed by atoms with E-state index in [1.807, 2.05) is 6.92 Å². The van der Waals surface area contributed by atoms with E-state index < -0.39 is 27.1 Å². The summed E-state index contributed by atoms with van der Waals surface area (Å²) >= 11 is 0. The SMILES string of the molecule is CCCCC(CC)CNC(=O)c1cc([N+](=O)[O-])cc([N+](=O)[O-])c1. The lowest BCUT2D eigenvalue weighted by molar-refractivity contribution is -0.394. The average Bonchev–Trinajstić information content (AvgIpc) is 2.54. The van der Waals surface area contributed by atoms with Gasteiger partial charge in [0, 0.05) is 18.7 Å². The number of rotatable bonds is 9. The molecule has 0 aliphatic rings. The molecule has 1 N–H and O–H groups in total. The maximum atomic E-state index is 12.1. The molecule has 1 rings (SSSR count). The normalized spacial score (nSPS) is 11.7. The molecule has 0 saturated heterocycles. The van der Waals surface area contributed by atoms with Crippen LogP contribution >= 0.6 is 0 Å². The number of nitro benzene ring substituents is 2. The zero-order chi connectivity index (χ0) is 17.4. The molecule has 0 radical (unpaired) electrons. The highest BCUT2D eigenvalue weighted by molar-refractivity contribution is 5.95. The maximum Gasteiger partial charge on any atom is 0.277 e. The summed E-state index contributed by atoms with van der Waals surface area (Å²) in [7, 11) is 0. The van der Waals surface area contributed by atoms with Crippen molar-refractivity contribution in [1.29, 1.82) is 0 Å². The van der Waals surface area contributed by atoms with E-state index in [1.54, 1.807) is 0 Å². The van der Waals surface area contributed by atoms with Crippen molar-refractivity contribution < 1.29 is 14.6 Å². The molecule has 0 fully saturated rings. The van der Waals surface area contributed by atoms with E-state index in [9.17, 15) is 25.0 Å². The van der Waals surface area contributed by atoms with Gasteiger partial charge in [-0.25, -0.2) is 0 Å². The van der Waals surface area contributed by atoms with Crippen LogP contribution in [-0.4, -0.2) is 22.3 Å². The van der Waals surface area contributed by atoms with Gasteiger partial charge in [0.2, 0.25) is 0 Å². The number of unbranched alkanes of at least 4 members (excludes halogenated alkanes) is 1. The number of carbonyl (C=O) groups is 1. The Morgan fingerprint density at radius 3 is 2.13 bits per heavy atom. The summed E-state index contributed by atoms with van der Waals surface area (Å²) in [5.41, 5.74) is -1.01. The van der Waals surface area contributed by atoms with Crippen LogP contribution in [0.25, 0.3) is 0 Å². The van der Waals surface area contributed by atoms with Crippen LogP contribution in [0.5, 0.6) is 0 Å². The number of hydrogen-bond donors (Lipinski definition) is 1. The van der Waals surface area contributed by atoms with Gasteiger partial charge in [-0.15, -0.1) is 0 Å². The summed E-state index contributed by atoms with van der Waals surface area (Å²) in [5.74, 6) is -0.209. The third-order valence-corrected chi connectivity index (χ3v) is 3.68. The first-order valence-corrected chi connectivity index (χ1v) is 7.61. The molecule has 126 valence electrons. The summed E-state index contributed by atoms with van der Waals surface area (Å²) in [6, 6.07) is 2.94. The van der Waals surface area contributed by atoms with Gasteiger partial charge < -0.3 is 5.32 Å². The third-order valence-electron chi connectivity index (χ3n) is 3.68. The zero-order valence-electron chi connectivity index (χ0n) is 13.3. The second-order valence-corrected chi connectivity index (χ2v) is 5.38. The molecule has 23 heavy (non-hydrogen) atoms. The molecule has 1 unspecified atom stereocenters. The van der Waals surface area contributed by atoms with Crippen LogP contribution < -0.4 is 5.32 Å². The minimum Gasteiger partial charge on any atom is -0.352 e. The lowest BCUT2D eigenvalue weighted by Gasteiger charge is -2.15. The Morgan fingerprint density at radius 1 is 1.13 bits per heavy atom. The Labute approximate surface area is 134 Å². The average molecular weight is 323 g/mol. The number of nitrogens with one attached hydrogen (secondary N) is 1. The van der Waals surface area contributed by atoms with E-state index in [1.165, 1.54) is 0 Å². The first-order chi connectivity index (χ1) is 10.9. The van der Waals surface area contributed by atoms with Crippen LogP contribution in [0.4, 0.5) is 11.4 Å². The molecule has 1 atom stereocenters. The van der Waals surface area contributed by atoms with E-state index >= 15 is 0 Å². The summed E-state index contributed by atoms with van der Waals surface area (Å²) < 4.78 is 0. The second-order valence-electron chi connectivity index (χ2n) is 5.38. The Morgan fingerprint density at radius 2 is 1.70 bits per heavy atom. The van der Waals surface area contributed by atoms with Gasteiger partial charge in [-0.3, -0.25) is 25.0 Å². The van der Waals surface area contributed by atoms with Gasteiger partial charge in [0.25, 0.3) is 17.3 Å². The van der Waals surface area contributed by atoms with Crippen molar-refractivity contribution in [3.63, 3.8) is 0 Å². The molecule has 0 saturated carbocycles. The summed E-state index contributed by atoms with van der Waals surface area (Å²) in [4.78, 5) is 32.3. The largest absolute Gasteiger partial charge is 0.352 e. The van der Waals surface area contributed by atoms with Gasteiger partial charge in [-0.05, 0) is 12.3 Å². The fourth-order valence-electron chi connectivity index (χ4n) is 2.22. The minimum absolute atomic E-state index is 0.0729.